The molecule has 62 valence electrons. The van der Waals surface area contributed by atoms with Crippen molar-refractivity contribution in [2.24, 2.45) is 0 Å². The van der Waals surface area contributed by atoms with Crippen LogP contribution >= 0.6 is 15.5 Å². The van der Waals surface area contributed by atoms with E-state index >= 15 is 0 Å². The minimum absolute atomic E-state index is 1.29. The summed E-state index contributed by atoms with van der Waals surface area (Å²) in [6, 6.07) is 0. The van der Waals surface area contributed by atoms with E-state index in [1.807, 2.05) is 0 Å². The topological polar surface area (TPSA) is 139 Å². The monoisotopic (exact) mass is 193 g/mol. The zero-order valence-corrected chi connectivity index (χ0v) is 6.18. The highest BCUT2D eigenvalue weighted by Gasteiger charge is 2.38. The molecule has 5 N–H and O–H groups in total. The van der Waals surface area contributed by atoms with Crippen molar-refractivity contribution in [3.05, 3.63) is 0 Å². The van der Waals surface area contributed by atoms with Gasteiger partial charge in [-0.15, -0.1) is 0 Å². The lowest BCUT2D eigenvalue weighted by Gasteiger charge is -2.15. The third-order valence-electron chi connectivity index (χ3n) is 0.466. The van der Waals surface area contributed by atoms with Crippen LogP contribution in [-0.4, -0.2) is 29.4 Å². The molecule has 0 aromatic heterocycles. The van der Waals surface area contributed by atoms with E-state index in [1.54, 1.807) is 0 Å². The molecule has 0 aromatic carbocycles. The van der Waals surface area contributed by atoms with E-state index in [0.717, 1.165) is 0 Å². The average Bonchev–Trinajstić information content (AvgIpc) is 1.59. The first-order chi connectivity index (χ1) is 4.15. The summed E-state index contributed by atoms with van der Waals surface area (Å²) >= 11 is 0. The fourth-order valence-electron chi connectivity index (χ4n) is 0.152. The largest absolute Gasteiger partial charge is 0.436 e. The molecule has 0 amide bonds. The van der Waals surface area contributed by atoms with Gasteiger partial charge in [-0.3, -0.25) is 5.21 Å². The Bertz CT molecular complexity index is 174. The molecule has 0 unspecified atom stereocenters. The maximum Gasteiger partial charge on any atom is 0.436 e. The Morgan fingerprint density at radius 2 is 1.10 bits per heavy atom. The van der Waals surface area contributed by atoms with Crippen LogP contribution < -0.4 is 0 Å². The summed E-state index contributed by atoms with van der Waals surface area (Å²) in [5.41, 5.74) is 0. The summed E-state index contributed by atoms with van der Waals surface area (Å²) in [6.45, 7) is 0. The summed E-state index contributed by atoms with van der Waals surface area (Å²) in [5, 5.41) is 8.03. The number of rotatable bonds is 2. The van der Waals surface area contributed by atoms with Crippen LogP contribution in [-0.2, 0) is 9.13 Å². The lowest BCUT2D eigenvalue weighted by molar-refractivity contribution is 0.0293. The standard InChI is InChI=1S/H5NO7P2/c2-1(9(3,4)5)10(6,7)8/h2H,(H2,3,4,5)(H2,6,7,8). The van der Waals surface area contributed by atoms with Gasteiger partial charge in [0, 0.05) is 4.60 Å². The van der Waals surface area contributed by atoms with Crippen LogP contribution in [0.4, 0.5) is 0 Å². The molecular weight excluding hydrogens is 188 g/mol. The van der Waals surface area contributed by atoms with Gasteiger partial charge < -0.3 is 19.6 Å². The highest BCUT2D eigenvalue weighted by molar-refractivity contribution is 7.64. The fraction of sp³-hybridized carbons (Fsp3) is 0. The molecule has 0 aliphatic rings. The van der Waals surface area contributed by atoms with E-state index in [2.05, 4.69) is 0 Å². The quantitative estimate of drug-likeness (QED) is 0.274. The maximum absolute atomic E-state index is 9.86. The summed E-state index contributed by atoms with van der Waals surface area (Å²) in [5.74, 6) is 0. The molecule has 0 rings (SSSR count). The SMILES string of the molecule is O=P(O)(O)N(O)P(=O)(O)O. The summed E-state index contributed by atoms with van der Waals surface area (Å²) in [6.07, 6.45) is 0. The first kappa shape index (κ1) is 10.2. The lowest BCUT2D eigenvalue weighted by atomic mass is 13.5. The molecular formula is H5NO7P2. The normalized spacial score (nSPS) is 14.2. The Kier molecular flexibility index (Phi) is 2.75. The average molecular weight is 193 g/mol. The number of hydrogen-bond donors (Lipinski definition) is 5. The molecule has 0 saturated carbocycles. The molecule has 10 heavy (non-hydrogen) atoms. The van der Waals surface area contributed by atoms with Gasteiger partial charge in [0.05, 0.1) is 0 Å². The van der Waals surface area contributed by atoms with E-state index in [-0.39, 0.29) is 0 Å². The van der Waals surface area contributed by atoms with Crippen LogP contribution in [0.15, 0.2) is 0 Å². The Morgan fingerprint density at radius 1 is 0.900 bits per heavy atom. The molecule has 0 bridgehead atoms. The number of nitrogens with zero attached hydrogens (tertiary/aromatic N) is 1. The van der Waals surface area contributed by atoms with E-state index < -0.39 is 20.1 Å². The molecule has 8 nitrogen and oxygen atoms in total. The van der Waals surface area contributed by atoms with Gasteiger partial charge >= 0.3 is 15.5 Å². The summed E-state index contributed by atoms with van der Waals surface area (Å²) in [7, 11) is -10.5. The Balaban J connectivity index is 4.56. The first-order valence-electron chi connectivity index (χ1n) is 1.77. The zero-order chi connectivity index (χ0) is 8.58. The molecule has 0 fully saturated rings. The molecule has 0 heterocycles. The molecule has 0 aliphatic heterocycles. The van der Waals surface area contributed by atoms with Crippen LogP contribution in [0.1, 0.15) is 0 Å². The van der Waals surface area contributed by atoms with Crippen molar-refractivity contribution in [3.63, 3.8) is 0 Å². The highest BCUT2D eigenvalue weighted by atomic mass is 31.3. The minimum atomic E-state index is -5.25. The van der Waals surface area contributed by atoms with Gasteiger partial charge in [0.1, 0.15) is 0 Å². The van der Waals surface area contributed by atoms with Crippen LogP contribution in [0, 0.1) is 0 Å². The van der Waals surface area contributed by atoms with Crippen molar-refractivity contribution in [2.75, 3.05) is 0 Å². The van der Waals surface area contributed by atoms with Gasteiger partial charge in [-0.05, 0) is 0 Å². The highest BCUT2D eigenvalue weighted by Crippen LogP contribution is 2.55. The maximum atomic E-state index is 9.86. The van der Waals surface area contributed by atoms with Crippen molar-refractivity contribution >= 4 is 15.5 Å². The van der Waals surface area contributed by atoms with Gasteiger partial charge in [-0.25, -0.2) is 9.13 Å². The van der Waals surface area contributed by atoms with Crippen molar-refractivity contribution < 1.29 is 33.9 Å². The van der Waals surface area contributed by atoms with E-state index in [1.165, 1.54) is 0 Å². The molecule has 0 radical (unpaired) electrons. The first-order valence-corrected chi connectivity index (χ1v) is 4.90. The molecule has 0 saturated heterocycles. The lowest BCUT2D eigenvalue weighted by Crippen LogP contribution is -2.11. The number of hydrogen-bond acceptors (Lipinski definition) is 3. The van der Waals surface area contributed by atoms with E-state index in [9.17, 15) is 9.13 Å². The third-order valence-corrected chi connectivity index (χ3v) is 2.80. The van der Waals surface area contributed by atoms with Gasteiger partial charge in [0.15, 0.2) is 0 Å². The Hall–Kier alpha value is 0.220. The summed E-state index contributed by atoms with van der Waals surface area (Å²) < 4.78 is 18.4. The molecule has 0 atom stereocenters. The van der Waals surface area contributed by atoms with Crippen LogP contribution in [0.2, 0.25) is 0 Å². The second-order valence-corrected chi connectivity index (χ2v) is 4.42. The zero-order valence-electron chi connectivity index (χ0n) is 4.39. The van der Waals surface area contributed by atoms with Gasteiger partial charge in [0.2, 0.25) is 0 Å². The van der Waals surface area contributed by atoms with Crippen molar-refractivity contribution in [1.29, 1.82) is 0 Å². The summed E-state index contributed by atoms with van der Waals surface area (Å²) in [4.78, 5) is 31.7. The van der Waals surface area contributed by atoms with Crippen molar-refractivity contribution in [2.45, 2.75) is 0 Å². The van der Waals surface area contributed by atoms with Crippen molar-refractivity contribution in [3.8, 4) is 0 Å². The fourth-order valence-corrected chi connectivity index (χ4v) is 1.37. The van der Waals surface area contributed by atoms with Gasteiger partial charge in [0.25, 0.3) is 0 Å². The molecule has 10 heteroatoms. The molecule has 0 spiro atoms. The minimum Gasteiger partial charge on any atom is -0.311 e. The second-order valence-electron chi connectivity index (χ2n) is 1.29. The van der Waals surface area contributed by atoms with Crippen LogP contribution in [0.25, 0.3) is 0 Å². The molecule has 0 aromatic rings. The smallest absolute Gasteiger partial charge is 0.311 e. The predicted molar refractivity (Wildman–Crippen MR) is 27.7 cm³/mol. The predicted octanol–water partition coefficient (Wildman–Crippen LogP) is -1.14. The Labute approximate surface area is 55.1 Å². The van der Waals surface area contributed by atoms with Gasteiger partial charge in [-0.2, -0.15) is 0 Å². The van der Waals surface area contributed by atoms with Gasteiger partial charge in [-0.1, -0.05) is 0 Å². The van der Waals surface area contributed by atoms with E-state index in [0.29, 0.717) is 0 Å². The second kappa shape index (κ2) is 2.69. The van der Waals surface area contributed by atoms with E-state index in [4.69, 9.17) is 24.8 Å². The van der Waals surface area contributed by atoms with Crippen LogP contribution in [0.3, 0.4) is 0 Å². The third kappa shape index (κ3) is 2.87. The van der Waals surface area contributed by atoms with Crippen LogP contribution in [0.5, 0.6) is 0 Å². The van der Waals surface area contributed by atoms with Crippen molar-refractivity contribution in [1.82, 2.24) is 4.60 Å². The Morgan fingerprint density at radius 3 is 1.10 bits per heavy atom. The molecule has 0 aliphatic carbocycles.